The summed E-state index contributed by atoms with van der Waals surface area (Å²) in [5.74, 6) is -0.946. The van der Waals surface area contributed by atoms with Crippen molar-refractivity contribution in [2.45, 2.75) is 44.2 Å². The van der Waals surface area contributed by atoms with Gasteiger partial charge in [0.1, 0.15) is 6.54 Å². The van der Waals surface area contributed by atoms with Crippen LogP contribution in [0.1, 0.15) is 32.6 Å². The monoisotopic (exact) mass is 212 g/mol. The topological polar surface area (TPSA) is 69.6 Å². The maximum Gasteiger partial charge on any atom is 0.323 e. The van der Waals surface area contributed by atoms with Gasteiger partial charge in [-0.3, -0.25) is 4.79 Å². The van der Waals surface area contributed by atoms with E-state index in [0.29, 0.717) is 0 Å². The highest BCUT2D eigenvalue weighted by atomic mass is 16.4. The van der Waals surface area contributed by atoms with Crippen molar-refractivity contribution in [3.63, 3.8) is 0 Å². The predicted molar refractivity (Wildman–Crippen MR) is 53.5 cm³/mol. The number of urea groups is 1. The normalized spacial score (nSPS) is 21.9. The number of carboxylic acids is 1. The summed E-state index contributed by atoms with van der Waals surface area (Å²) in [5.41, 5.74) is -0.0806. The van der Waals surface area contributed by atoms with E-state index >= 15 is 0 Å². The molecule has 2 saturated carbocycles. The minimum absolute atomic E-state index is 0.0806. The first-order chi connectivity index (χ1) is 7.00. The van der Waals surface area contributed by atoms with Gasteiger partial charge in [0.25, 0.3) is 0 Å². The first-order valence-electron chi connectivity index (χ1n) is 5.31. The Morgan fingerprint density at radius 1 is 1.47 bits per heavy atom. The van der Waals surface area contributed by atoms with Crippen molar-refractivity contribution in [1.82, 2.24) is 10.2 Å². The van der Waals surface area contributed by atoms with Gasteiger partial charge >= 0.3 is 12.0 Å². The molecular formula is C10H16N2O3. The van der Waals surface area contributed by atoms with Crippen molar-refractivity contribution in [2.24, 2.45) is 0 Å². The lowest BCUT2D eigenvalue weighted by Crippen LogP contribution is -2.47. The molecule has 15 heavy (non-hydrogen) atoms. The van der Waals surface area contributed by atoms with Gasteiger partial charge in [0.05, 0.1) is 0 Å². The molecule has 5 nitrogen and oxygen atoms in total. The molecule has 0 aromatic carbocycles. The van der Waals surface area contributed by atoms with E-state index in [1.807, 2.05) is 6.92 Å². The smallest absolute Gasteiger partial charge is 0.323 e. The van der Waals surface area contributed by atoms with Gasteiger partial charge in [0, 0.05) is 11.6 Å². The molecule has 0 atom stereocenters. The molecule has 0 bridgehead atoms. The molecule has 2 N–H and O–H groups in total. The number of aliphatic carboxylic acids is 1. The van der Waals surface area contributed by atoms with Crippen molar-refractivity contribution in [3.05, 3.63) is 0 Å². The van der Waals surface area contributed by atoms with Gasteiger partial charge < -0.3 is 15.3 Å². The second-order valence-corrected chi connectivity index (χ2v) is 4.74. The number of carbonyl (C=O) groups excluding carboxylic acids is 1. The van der Waals surface area contributed by atoms with Crippen LogP contribution in [0.25, 0.3) is 0 Å². The zero-order valence-electron chi connectivity index (χ0n) is 8.82. The largest absolute Gasteiger partial charge is 0.480 e. The molecule has 0 saturated heterocycles. The lowest BCUT2D eigenvalue weighted by atomic mass is 10.3. The lowest BCUT2D eigenvalue weighted by molar-refractivity contribution is -0.137. The fraction of sp³-hybridized carbons (Fsp3) is 0.800. The quantitative estimate of drug-likeness (QED) is 0.724. The van der Waals surface area contributed by atoms with Gasteiger partial charge in [0.15, 0.2) is 0 Å². The second kappa shape index (κ2) is 3.40. The van der Waals surface area contributed by atoms with E-state index in [4.69, 9.17) is 5.11 Å². The third kappa shape index (κ3) is 2.61. The molecule has 2 rings (SSSR count). The van der Waals surface area contributed by atoms with Crippen LogP contribution in [0, 0.1) is 0 Å². The molecule has 0 heterocycles. The number of rotatable bonds is 4. The highest BCUT2D eigenvalue weighted by Gasteiger charge is 2.42. The minimum atomic E-state index is -0.946. The Labute approximate surface area is 88.4 Å². The zero-order valence-corrected chi connectivity index (χ0v) is 8.82. The van der Waals surface area contributed by atoms with Crippen LogP contribution >= 0.6 is 0 Å². The maximum atomic E-state index is 11.8. The van der Waals surface area contributed by atoms with Crippen LogP contribution in [0.3, 0.4) is 0 Å². The van der Waals surface area contributed by atoms with Crippen LogP contribution in [0.15, 0.2) is 0 Å². The van der Waals surface area contributed by atoms with Crippen molar-refractivity contribution in [1.29, 1.82) is 0 Å². The predicted octanol–water partition coefficient (Wildman–Crippen LogP) is 0.797. The van der Waals surface area contributed by atoms with Gasteiger partial charge in [-0.1, -0.05) is 0 Å². The molecule has 0 aromatic rings. The maximum absolute atomic E-state index is 11.8. The van der Waals surface area contributed by atoms with E-state index < -0.39 is 5.97 Å². The Morgan fingerprint density at radius 2 is 2.07 bits per heavy atom. The molecule has 0 aromatic heterocycles. The van der Waals surface area contributed by atoms with Crippen molar-refractivity contribution in [2.75, 3.05) is 6.54 Å². The molecule has 0 radical (unpaired) electrons. The van der Waals surface area contributed by atoms with Crippen LogP contribution < -0.4 is 5.32 Å². The van der Waals surface area contributed by atoms with Crippen LogP contribution in [0.4, 0.5) is 4.79 Å². The molecule has 2 aliphatic carbocycles. The van der Waals surface area contributed by atoms with Crippen LogP contribution in [0.5, 0.6) is 0 Å². The average Bonchev–Trinajstić information content (AvgIpc) is 2.97. The molecule has 84 valence electrons. The SMILES string of the molecule is CC1(NC(=O)N(CC(=O)O)C2CC2)CC1. The molecule has 0 spiro atoms. The molecule has 2 aliphatic rings. The van der Waals surface area contributed by atoms with Gasteiger partial charge in [-0.15, -0.1) is 0 Å². The third-order valence-corrected chi connectivity index (χ3v) is 2.96. The first-order valence-corrected chi connectivity index (χ1v) is 5.31. The third-order valence-electron chi connectivity index (χ3n) is 2.96. The summed E-state index contributed by atoms with van der Waals surface area (Å²) in [6.45, 7) is 1.79. The van der Waals surface area contributed by atoms with Crippen LogP contribution in [-0.2, 0) is 4.79 Å². The summed E-state index contributed by atoms with van der Waals surface area (Å²) in [6.07, 6.45) is 3.84. The van der Waals surface area contributed by atoms with E-state index in [-0.39, 0.29) is 24.2 Å². The van der Waals surface area contributed by atoms with E-state index in [2.05, 4.69) is 5.32 Å². The fourth-order valence-corrected chi connectivity index (χ4v) is 1.54. The Hall–Kier alpha value is -1.26. The molecule has 0 aliphatic heterocycles. The number of carboxylic acid groups (broad SMARTS) is 1. The summed E-state index contributed by atoms with van der Waals surface area (Å²) in [5, 5.41) is 11.6. The molecular weight excluding hydrogens is 196 g/mol. The zero-order chi connectivity index (χ0) is 11.1. The molecule has 5 heteroatoms. The van der Waals surface area contributed by atoms with E-state index in [1.165, 1.54) is 4.90 Å². The first kappa shape index (κ1) is 10.3. The fourth-order valence-electron chi connectivity index (χ4n) is 1.54. The van der Waals surface area contributed by atoms with Crippen LogP contribution in [0.2, 0.25) is 0 Å². The van der Waals surface area contributed by atoms with Crippen molar-refractivity contribution in [3.8, 4) is 0 Å². The summed E-state index contributed by atoms with van der Waals surface area (Å²) in [6, 6.07) is -0.0802. The molecule has 2 amide bonds. The van der Waals surface area contributed by atoms with Crippen molar-refractivity contribution < 1.29 is 14.7 Å². The number of nitrogens with zero attached hydrogens (tertiary/aromatic N) is 1. The Kier molecular flexibility index (Phi) is 2.32. The van der Waals surface area contributed by atoms with E-state index in [0.717, 1.165) is 25.7 Å². The van der Waals surface area contributed by atoms with Crippen LogP contribution in [-0.4, -0.2) is 40.1 Å². The minimum Gasteiger partial charge on any atom is -0.480 e. The van der Waals surface area contributed by atoms with E-state index in [9.17, 15) is 9.59 Å². The molecule has 0 unspecified atom stereocenters. The summed E-state index contributed by atoms with van der Waals surface area (Å²) in [4.78, 5) is 23.8. The van der Waals surface area contributed by atoms with E-state index in [1.54, 1.807) is 0 Å². The summed E-state index contributed by atoms with van der Waals surface area (Å²) >= 11 is 0. The van der Waals surface area contributed by atoms with Gasteiger partial charge in [-0.05, 0) is 32.6 Å². The van der Waals surface area contributed by atoms with Gasteiger partial charge in [0.2, 0.25) is 0 Å². The second-order valence-electron chi connectivity index (χ2n) is 4.74. The lowest BCUT2D eigenvalue weighted by Gasteiger charge is -2.23. The Morgan fingerprint density at radius 3 is 2.47 bits per heavy atom. The number of hydrogen-bond donors (Lipinski definition) is 2. The standard InChI is InChI=1S/C10H16N2O3/c1-10(4-5-10)11-9(15)12(6-8(13)14)7-2-3-7/h7H,2-6H2,1H3,(H,11,15)(H,13,14). The highest BCUT2D eigenvalue weighted by molar-refractivity contribution is 5.81. The number of carbonyl (C=O) groups is 2. The summed E-state index contributed by atoms with van der Waals surface area (Å²) < 4.78 is 0. The summed E-state index contributed by atoms with van der Waals surface area (Å²) in [7, 11) is 0. The number of amides is 2. The Balaban J connectivity index is 1.91. The number of hydrogen-bond acceptors (Lipinski definition) is 2. The van der Waals surface area contributed by atoms with Gasteiger partial charge in [-0.2, -0.15) is 0 Å². The molecule has 2 fully saturated rings. The highest BCUT2D eigenvalue weighted by Crippen LogP contribution is 2.35. The van der Waals surface area contributed by atoms with Crippen molar-refractivity contribution >= 4 is 12.0 Å². The number of nitrogens with one attached hydrogen (secondary N) is 1. The average molecular weight is 212 g/mol. The Bertz CT molecular complexity index is 295. The van der Waals surface area contributed by atoms with Gasteiger partial charge in [-0.25, -0.2) is 4.79 Å².